The number of aryl methyl sites for hydroxylation is 2. The molecule has 0 aliphatic carbocycles. The molecule has 0 unspecified atom stereocenters. The van der Waals surface area contributed by atoms with Gasteiger partial charge in [-0.25, -0.2) is 0 Å². The number of unbranched alkanes of at least 4 members (excludes halogenated alkanes) is 1. The monoisotopic (exact) mass is 188 g/mol. The molecule has 0 N–H and O–H groups in total. The van der Waals surface area contributed by atoms with Gasteiger partial charge in [-0.05, 0) is 50.7 Å². The summed E-state index contributed by atoms with van der Waals surface area (Å²) in [6, 6.07) is 8.65. The van der Waals surface area contributed by atoms with Crippen LogP contribution in [0.3, 0.4) is 0 Å². The molecule has 0 bridgehead atoms. The van der Waals surface area contributed by atoms with E-state index in [2.05, 4.69) is 44.7 Å². The first kappa shape index (κ1) is 11.0. The Morgan fingerprint density at radius 2 is 1.93 bits per heavy atom. The van der Waals surface area contributed by atoms with E-state index in [0.29, 0.717) is 0 Å². The molecule has 1 aromatic rings. The van der Waals surface area contributed by atoms with E-state index in [1.165, 1.54) is 42.4 Å². The standard InChI is InChI=1S/C14H20/c1-12(2)8-4-6-10-14-11-7-5-9-13(14)3/h5,7,9,11H,1,4,6,8,10H2,2-3H3. The third-order valence-corrected chi connectivity index (χ3v) is 2.56. The van der Waals surface area contributed by atoms with Crippen molar-refractivity contribution in [3.63, 3.8) is 0 Å². The highest BCUT2D eigenvalue weighted by Crippen LogP contribution is 2.12. The fraction of sp³-hybridized carbons (Fsp3) is 0.429. The number of hydrogen-bond acceptors (Lipinski definition) is 0. The lowest BCUT2D eigenvalue weighted by atomic mass is 10.0. The third-order valence-electron chi connectivity index (χ3n) is 2.56. The summed E-state index contributed by atoms with van der Waals surface area (Å²) in [6.45, 7) is 8.21. The molecular formula is C14H20. The second kappa shape index (κ2) is 5.64. The highest BCUT2D eigenvalue weighted by molar-refractivity contribution is 5.25. The molecule has 0 aromatic heterocycles. The van der Waals surface area contributed by atoms with Crippen LogP contribution in [0.25, 0.3) is 0 Å². The summed E-state index contributed by atoms with van der Waals surface area (Å²) in [4.78, 5) is 0. The molecule has 0 amide bonds. The molecular weight excluding hydrogens is 168 g/mol. The van der Waals surface area contributed by atoms with Crippen molar-refractivity contribution in [2.75, 3.05) is 0 Å². The summed E-state index contributed by atoms with van der Waals surface area (Å²) in [5.74, 6) is 0. The van der Waals surface area contributed by atoms with Gasteiger partial charge in [0.1, 0.15) is 0 Å². The molecule has 0 fully saturated rings. The van der Waals surface area contributed by atoms with E-state index in [1.54, 1.807) is 0 Å². The van der Waals surface area contributed by atoms with Crippen molar-refractivity contribution < 1.29 is 0 Å². The van der Waals surface area contributed by atoms with Crippen LogP contribution in [-0.2, 0) is 6.42 Å². The Labute approximate surface area is 87.7 Å². The Morgan fingerprint density at radius 1 is 1.21 bits per heavy atom. The highest BCUT2D eigenvalue weighted by atomic mass is 14.0. The number of benzene rings is 1. The van der Waals surface area contributed by atoms with Crippen molar-refractivity contribution in [2.45, 2.75) is 39.5 Å². The molecule has 0 aliphatic rings. The second-order valence-electron chi connectivity index (χ2n) is 4.09. The van der Waals surface area contributed by atoms with Crippen LogP contribution in [0.4, 0.5) is 0 Å². The first-order valence-electron chi connectivity index (χ1n) is 5.39. The molecule has 0 atom stereocenters. The molecule has 0 saturated carbocycles. The number of hydrogen-bond donors (Lipinski definition) is 0. The Kier molecular flexibility index (Phi) is 4.45. The van der Waals surface area contributed by atoms with Crippen molar-refractivity contribution in [3.05, 3.63) is 47.5 Å². The fourth-order valence-corrected chi connectivity index (χ4v) is 1.63. The van der Waals surface area contributed by atoms with Gasteiger partial charge in [0.15, 0.2) is 0 Å². The predicted molar refractivity (Wildman–Crippen MR) is 63.5 cm³/mol. The van der Waals surface area contributed by atoms with E-state index < -0.39 is 0 Å². The zero-order valence-electron chi connectivity index (χ0n) is 9.34. The Hall–Kier alpha value is -1.04. The van der Waals surface area contributed by atoms with Crippen LogP contribution in [0.1, 0.15) is 37.3 Å². The minimum atomic E-state index is 1.17. The molecule has 0 aliphatic heterocycles. The van der Waals surface area contributed by atoms with Crippen LogP contribution in [0.2, 0.25) is 0 Å². The van der Waals surface area contributed by atoms with Gasteiger partial charge in [0.05, 0.1) is 0 Å². The number of allylic oxidation sites excluding steroid dienone is 1. The Balaban J connectivity index is 2.31. The van der Waals surface area contributed by atoms with Gasteiger partial charge >= 0.3 is 0 Å². The van der Waals surface area contributed by atoms with Gasteiger partial charge < -0.3 is 0 Å². The normalized spacial score (nSPS) is 10.1. The molecule has 76 valence electrons. The van der Waals surface area contributed by atoms with Crippen LogP contribution < -0.4 is 0 Å². The van der Waals surface area contributed by atoms with Crippen molar-refractivity contribution >= 4 is 0 Å². The van der Waals surface area contributed by atoms with E-state index in [4.69, 9.17) is 0 Å². The van der Waals surface area contributed by atoms with Crippen LogP contribution in [0.15, 0.2) is 36.4 Å². The first-order valence-corrected chi connectivity index (χ1v) is 5.39. The SMILES string of the molecule is C=C(C)CCCCc1ccccc1C. The lowest BCUT2D eigenvalue weighted by molar-refractivity contribution is 0.728. The van der Waals surface area contributed by atoms with E-state index in [1.807, 2.05) is 0 Å². The lowest BCUT2D eigenvalue weighted by Crippen LogP contribution is -1.89. The summed E-state index contributed by atoms with van der Waals surface area (Å²) in [7, 11) is 0. The average molecular weight is 188 g/mol. The Bertz CT molecular complexity index is 297. The summed E-state index contributed by atoms with van der Waals surface area (Å²) >= 11 is 0. The van der Waals surface area contributed by atoms with Crippen LogP contribution in [-0.4, -0.2) is 0 Å². The number of rotatable bonds is 5. The molecule has 14 heavy (non-hydrogen) atoms. The van der Waals surface area contributed by atoms with Crippen molar-refractivity contribution in [1.29, 1.82) is 0 Å². The van der Waals surface area contributed by atoms with Crippen molar-refractivity contribution in [1.82, 2.24) is 0 Å². The maximum atomic E-state index is 3.92. The van der Waals surface area contributed by atoms with E-state index in [0.717, 1.165) is 0 Å². The minimum Gasteiger partial charge on any atom is -0.100 e. The van der Waals surface area contributed by atoms with E-state index in [9.17, 15) is 0 Å². The molecule has 0 nitrogen and oxygen atoms in total. The van der Waals surface area contributed by atoms with Gasteiger partial charge in [0.2, 0.25) is 0 Å². The van der Waals surface area contributed by atoms with Gasteiger partial charge in [-0.3, -0.25) is 0 Å². The first-order chi connectivity index (χ1) is 6.70. The fourth-order valence-electron chi connectivity index (χ4n) is 1.63. The van der Waals surface area contributed by atoms with E-state index in [-0.39, 0.29) is 0 Å². The summed E-state index contributed by atoms with van der Waals surface area (Å²) < 4.78 is 0. The molecule has 0 radical (unpaired) electrons. The quantitative estimate of drug-likeness (QED) is 0.478. The Morgan fingerprint density at radius 3 is 2.57 bits per heavy atom. The van der Waals surface area contributed by atoms with Gasteiger partial charge in [0.25, 0.3) is 0 Å². The summed E-state index contributed by atoms with van der Waals surface area (Å²) in [5.41, 5.74) is 4.21. The molecule has 0 heterocycles. The van der Waals surface area contributed by atoms with Crippen LogP contribution in [0.5, 0.6) is 0 Å². The maximum absolute atomic E-state index is 3.92. The van der Waals surface area contributed by atoms with Gasteiger partial charge in [0, 0.05) is 0 Å². The molecule has 0 spiro atoms. The van der Waals surface area contributed by atoms with Crippen molar-refractivity contribution in [3.8, 4) is 0 Å². The zero-order valence-corrected chi connectivity index (χ0v) is 9.34. The summed E-state index contributed by atoms with van der Waals surface area (Å²) in [5, 5.41) is 0. The lowest BCUT2D eigenvalue weighted by Gasteiger charge is -2.04. The topological polar surface area (TPSA) is 0 Å². The molecule has 1 aromatic carbocycles. The second-order valence-corrected chi connectivity index (χ2v) is 4.09. The highest BCUT2D eigenvalue weighted by Gasteiger charge is 1.96. The largest absolute Gasteiger partial charge is 0.100 e. The summed E-state index contributed by atoms with van der Waals surface area (Å²) in [6.07, 6.45) is 4.92. The predicted octanol–water partition coefficient (Wildman–Crippen LogP) is 4.28. The minimum absolute atomic E-state index is 1.17. The molecule has 1 rings (SSSR count). The smallest absolute Gasteiger partial charge is 0.0276 e. The van der Waals surface area contributed by atoms with Gasteiger partial charge in [-0.2, -0.15) is 0 Å². The van der Waals surface area contributed by atoms with Crippen molar-refractivity contribution in [2.24, 2.45) is 0 Å². The van der Waals surface area contributed by atoms with Crippen LogP contribution >= 0.6 is 0 Å². The van der Waals surface area contributed by atoms with Crippen LogP contribution in [0, 0.1) is 6.92 Å². The maximum Gasteiger partial charge on any atom is -0.0276 e. The van der Waals surface area contributed by atoms with Gasteiger partial charge in [-0.15, -0.1) is 6.58 Å². The van der Waals surface area contributed by atoms with Gasteiger partial charge in [-0.1, -0.05) is 29.8 Å². The molecule has 0 heteroatoms. The zero-order chi connectivity index (χ0) is 10.4. The third kappa shape index (κ3) is 3.78. The van der Waals surface area contributed by atoms with E-state index >= 15 is 0 Å². The molecule has 0 saturated heterocycles. The average Bonchev–Trinajstić information content (AvgIpc) is 2.15.